The molecule has 0 saturated heterocycles. The van der Waals surface area contributed by atoms with Crippen LogP contribution in [-0.2, 0) is 5.41 Å². The van der Waals surface area contributed by atoms with Gasteiger partial charge in [-0.2, -0.15) is 0 Å². The Morgan fingerprint density at radius 3 is 1.72 bits per heavy atom. The lowest BCUT2D eigenvalue weighted by Crippen LogP contribution is -2.25. The van der Waals surface area contributed by atoms with Crippen molar-refractivity contribution in [2.75, 3.05) is 16.5 Å². The van der Waals surface area contributed by atoms with Gasteiger partial charge >= 0.3 is 0 Å². The van der Waals surface area contributed by atoms with E-state index in [1.54, 1.807) is 0 Å². The summed E-state index contributed by atoms with van der Waals surface area (Å²) in [6.07, 6.45) is 1.93. The number of pyridine rings is 1. The Labute approximate surface area is 442 Å². The molecule has 364 valence electrons. The predicted octanol–water partition coefficient (Wildman–Crippen LogP) is 19.1. The average Bonchev–Trinajstić information content (AvgIpc) is 4.18. The first kappa shape index (κ1) is 45.0. The third-order valence-electron chi connectivity index (χ3n) is 15.1. The van der Waals surface area contributed by atoms with Gasteiger partial charge in [-0.05, 0) is 111 Å². The maximum absolute atomic E-state index is 6.97. The molecule has 76 heavy (non-hydrogen) atoms. The second kappa shape index (κ2) is 18.1. The molecular formula is C70H52N4O2. The van der Waals surface area contributed by atoms with E-state index in [0.29, 0.717) is 6.67 Å². The van der Waals surface area contributed by atoms with Crippen molar-refractivity contribution in [3.8, 4) is 61.8 Å². The maximum Gasteiger partial charge on any atom is 0.137 e. The van der Waals surface area contributed by atoms with E-state index in [1.807, 2.05) is 24.4 Å². The number of hydrogen-bond donors (Lipinski definition) is 0. The Bertz CT molecular complexity index is 4260. The number of benzene rings is 10. The summed E-state index contributed by atoms with van der Waals surface area (Å²) in [4.78, 5) is 9.96. The summed E-state index contributed by atoms with van der Waals surface area (Å²) in [5.41, 5.74) is 18.7. The van der Waals surface area contributed by atoms with E-state index in [-0.39, 0.29) is 5.41 Å². The minimum Gasteiger partial charge on any atom is -0.457 e. The van der Waals surface area contributed by atoms with E-state index in [1.165, 1.54) is 38.9 Å². The highest BCUT2D eigenvalue weighted by Gasteiger charge is 2.32. The number of para-hydroxylation sites is 4. The third-order valence-corrected chi connectivity index (χ3v) is 15.1. The second-order valence-electron chi connectivity index (χ2n) is 20.7. The molecule has 0 aliphatic carbocycles. The summed E-state index contributed by atoms with van der Waals surface area (Å²) in [5, 5.41) is 4.37. The van der Waals surface area contributed by atoms with Crippen LogP contribution in [0.5, 0.6) is 11.5 Å². The van der Waals surface area contributed by atoms with Crippen LogP contribution in [0.1, 0.15) is 26.3 Å². The van der Waals surface area contributed by atoms with Crippen molar-refractivity contribution >= 4 is 66.5 Å². The van der Waals surface area contributed by atoms with Crippen molar-refractivity contribution in [1.29, 1.82) is 0 Å². The smallest absolute Gasteiger partial charge is 0.137 e. The number of rotatable bonds is 9. The zero-order valence-electron chi connectivity index (χ0n) is 42.5. The molecule has 6 heteroatoms. The van der Waals surface area contributed by atoms with Crippen LogP contribution >= 0.6 is 0 Å². The fourth-order valence-corrected chi connectivity index (χ4v) is 11.5. The standard InChI is InChI=1S/C70H52N4O2/c1-70(2,3)48-40-41-71-66(42-48)74-63-44-51(36-37-56(63)59-38-39-65-67(69(59)74)60-30-14-17-35-64(60)76-65)75-50-25-18-24-49(43-50)72-45-73(62-34-16-15-33-61(62)72)68-57(54-28-12-10-26-52(54)46-20-6-4-7-21-46)31-19-32-58(68)55-29-13-11-27-53(55)47-22-8-5-9-23-47/h4-44H,45H2,1-3H3. The van der Waals surface area contributed by atoms with Gasteiger partial charge in [0.05, 0.1) is 33.5 Å². The Morgan fingerprint density at radius 2 is 1.03 bits per heavy atom. The molecule has 14 rings (SSSR count). The van der Waals surface area contributed by atoms with Crippen LogP contribution in [0.25, 0.3) is 94.1 Å². The average molecular weight is 981 g/mol. The quantitative estimate of drug-likeness (QED) is 0.144. The molecule has 1 aliphatic rings. The summed E-state index contributed by atoms with van der Waals surface area (Å²) >= 11 is 0. The van der Waals surface area contributed by atoms with Crippen LogP contribution in [0.2, 0.25) is 0 Å². The molecule has 0 radical (unpaired) electrons. The van der Waals surface area contributed by atoms with Crippen LogP contribution < -0.4 is 14.5 Å². The number of nitrogens with zero attached hydrogens (tertiary/aromatic N) is 4. The molecule has 0 unspecified atom stereocenters. The summed E-state index contributed by atoms with van der Waals surface area (Å²) < 4.78 is 15.7. The Kier molecular flexibility index (Phi) is 10.7. The maximum atomic E-state index is 6.97. The van der Waals surface area contributed by atoms with E-state index >= 15 is 0 Å². The van der Waals surface area contributed by atoms with Crippen LogP contribution in [0.15, 0.2) is 253 Å². The molecule has 0 atom stereocenters. The van der Waals surface area contributed by atoms with Gasteiger partial charge in [0.1, 0.15) is 35.2 Å². The van der Waals surface area contributed by atoms with Crippen LogP contribution in [0.4, 0.5) is 22.7 Å². The van der Waals surface area contributed by atoms with Crippen LogP contribution in [0.3, 0.4) is 0 Å². The zero-order chi connectivity index (χ0) is 50.9. The minimum absolute atomic E-state index is 0.0758. The molecule has 0 saturated carbocycles. The molecule has 6 nitrogen and oxygen atoms in total. The first-order valence-electron chi connectivity index (χ1n) is 26.0. The van der Waals surface area contributed by atoms with Crippen molar-refractivity contribution in [3.05, 3.63) is 254 Å². The minimum atomic E-state index is -0.0758. The van der Waals surface area contributed by atoms with Crippen molar-refractivity contribution in [2.24, 2.45) is 0 Å². The van der Waals surface area contributed by atoms with E-state index in [4.69, 9.17) is 14.1 Å². The highest BCUT2D eigenvalue weighted by atomic mass is 16.5. The zero-order valence-corrected chi connectivity index (χ0v) is 42.5. The van der Waals surface area contributed by atoms with Gasteiger partial charge in [0.15, 0.2) is 0 Å². The van der Waals surface area contributed by atoms with Gasteiger partial charge in [-0.1, -0.05) is 185 Å². The van der Waals surface area contributed by atoms with Crippen molar-refractivity contribution in [3.63, 3.8) is 0 Å². The van der Waals surface area contributed by atoms with Crippen molar-refractivity contribution in [2.45, 2.75) is 26.2 Å². The number of aromatic nitrogens is 2. The predicted molar refractivity (Wildman–Crippen MR) is 315 cm³/mol. The normalized spacial score (nSPS) is 12.6. The lowest BCUT2D eigenvalue weighted by Gasteiger charge is -2.28. The molecule has 0 amide bonds. The number of hydrogen-bond acceptors (Lipinski definition) is 5. The van der Waals surface area contributed by atoms with Gasteiger partial charge in [0, 0.05) is 51.3 Å². The Hall–Kier alpha value is -9.65. The molecule has 0 bridgehead atoms. The first-order chi connectivity index (χ1) is 37.3. The topological polar surface area (TPSA) is 46.7 Å². The van der Waals surface area contributed by atoms with Crippen LogP contribution in [0, 0.1) is 0 Å². The summed E-state index contributed by atoms with van der Waals surface area (Å²) in [6.45, 7) is 7.30. The summed E-state index contributed by atoms with van der Waals surface area (Å²) in [5.74, 6) is 2.31. The van der Waals surface area contributed by atoms with Gasteiger partial charge in [-0.25, -0.2) is 4.98 Å². The fourth-order valence-electron chi connectivity index (χ4n) is 11.5. The molecule has 0 fully saturated rings. The lowest BCUT2D eigenvalue weighted by molar-refractivity contribution is 0.483. The number of fused-ring (bicyclic) bond motifs is 8. The van der Waals surface area contributed by atoms with Gasteiger partial charge in [-0.3, -0.25) is 4.57 Å². The largest absolute Gasteiger partial charge is 0.457 e. The number of furan rings is 1. The Morgan fingerprint density at radius 1 is 0.447 bits per heavy atom. The van der Waals surface area contributed by atoms with Crippen molar-refractivity contribution < 1.29 is 9.15 Å². The highest BCUT2D eigenvalue weighted by Crippen LogP contribution is 2.53. The molecule has 1 aliphatic heterocycles. The fraction of sp³-hybridized carbons (Fsp3) is 0.0714. The Balaban J connectivity index is 0.890. The third kappa shape index (κ3) is 7.60. The van der Waals surface area contributed by atoms with E-state index in [9.17, 15) is 0 Å². The summed E-state index contributed by atoms with van der Waals surface area (Å²) in [6, 6.07) is 86.5. The van der Waals surface area contributed by atoms with Gasteiger partial charge in [-0.15, -0.1) is 0 Å². The second-order valence-corrected chi connectivity index (χ2v) is 20.7. The highest BCUT2D eigenvalue weighted by molar-refractivity contribution is 6.24. The molecule has 10 aromatic carbocycles. The molecule has 3 aromatic heterocycles. The first-order valence-corrected chi connectivity index (χ1v) is 26.0. The van der Waals surface area contributed by atoms with Crippen molar-refractivity contribution in [1.82, 2.24) is 9.55 Å². The molecule has 0 N–H and O–H groups in total. The van der Waals surface area contributed by atoms with E-state index in [2.05, 4.69) is 260 Å². The van der Waals surface area contributed by atoms with Gasteiger partial charge in [0.25, 0.3) is 0 Å². The van der Waals surface area contributed by atoms with Crippen LogP contribution in [-0.4, -0.2) is 16.2 Å². The monoisotopic (exact) mass is 980 g/mol. The number of ether oxygens (including phenoxy) is 1. The molecule has 4 heterocycles. The molecular weight excluding hydrogens is 929 g/mol. The molecule has 0 spiro atoms. The van der Waals surface area contributed by atoms with Gasteiger partial charge in [0.2, 0.25) is 0 Å². The van der Waals surface area contributed by atoms with E-state index in [0.717, 1.165) is 94.9 Å². The summed E-state index contributed by atoms with van der Waals surface area (Å²) in [7, 11) is 0. The SMILES string of the molecule is CC(C)(C)c1ccnc(-n2c3cc(Oc4cccc(N5CN(c6c(-c7ccccc7-c7ccccc7)cccc6-c6ccccc6-c6ccccc6)c6ccccc65)c4)ccc3c3ccc4oc5ccccc5c4c32)c1. The van der Waals surface area contributed by atoms with Gasteiger partial charge < -0.3 is 19.0 Å². The van der Waals surface area contributed by atoms with E-state index < -0.39 is 0 Å². The lowest BCUT2D eigenvalue weighted by atomic mass is 9.88. The number of anilines is 4. The molecule has 13 aromatic rings.